The van der Waals surface area contributed by atoms with Crippen molar-refractivity contribution in [2.75, 3.05) is 26.5 Å². The van der Waals surface area contributed by atoms with E-state index < -0.39 is 43.8 Å². The highest BCUT2D eigenvalue weighted by Gasteiger charge is 2.24. The van der Waals surface area contributed by atoms with Crippen LogP contribution in [0, 0.1) is 0 Å². The van der Waals surface area contributed by atoms with Crippen LogP contribution in [0.5, 0.6) is 0 Å². The summed E-state index contributed by atoms with van der Waals surface area (Å²) < 4.78 is 4.71. The lowest BCUT2D eigenvalue weighted by Crippen LogP contribution is -2.45. The molecule has 0 aromatic carbocycles. The molecule has 0 aromatic heterocycles. The fraction of sp³-hybridized carbons (Fsp3) is 0.700. The minimum Gasteiger partial charge on any atom is -0.481 e. The highest BCUT2D eigenvalue weighted by molar-refractivity contribution is 5.72. The van der Waals surface area contributed by atoms with Crippen molar-refractivity contribution in [3.05, 3.63) is 0 Å². The molecule has 19 heavy (non-hydrogen) atoms. The third-order valence-corrected chi connectivity index (χ3v) is 2.29. The average molecular weight is 279 g/mol. The van der Waals surface area contributed by atoms with Crippen molar-refractivity contribution in [3.63, 3.8) is 0 Å². The lowest BCUT2D eigenvalue weighted by molar-refractivity contribution is -0.144. The predicted molar refractivity (Wildman–Crippen MR) is 60.5 cm³/mol. The molecule has 0 saturated carbocycles. The molecule has 0 radical (unpaired) electrons. The molecule has 4 N–H and O–H groups in total. The van der Waals surface area contributed by atoms with Crippen LogP contribution in [0.1, 0.15) is 12.8 Å². The monoisotopic (exact) mass is 279 g/mol. The quantitative estimate of drug-likeness (QED) is 0.337. The van der Waals surface area contributed by atoms with Gasteiger partial charge in [-0.05, 0) is 6.42 Å². The van der Waals surface area contributed by atoms with Gasteiger partial charge in [0.05, 0.1) is 19.7 Å². The maximum absolute atomic E-state index is 10.7. The van der Waals surface area contributed by atoms with Crippen LogP contribution >= 0.6 is 0 Å². The van der Waals surface area contributed by atoms with Gasteiger partial charge in [-0.15, -0.1) is 0 Å². The van der Waals surface area contributed by atoms with E-state index in [1.165, 1.54) is 0 Å². The average Bonchev–Trinajstić information content (AvgIpc) is 2.26. The largest absolute Gasteiger partial charge is 0.481 e. The summed E-state index contributed by atoms with van der Waals surface area (Å²) in [4.78, 5) is 32.9. The minimum atomic E-state index is -1.23. The molecular weight excluding hydrogens is 262 g/mol. The van der Waals surface area contributed by atoms with E-state index in [9.17, 15) is 14.4 Å². The number of rotatable bonds is 11. The smallest absolute Gasteiger partial charge is 0.317 e. The van der Waals surface area contributed by atoms with Gasteiger partial charge in [0, 0.05) is 12.5 Å². The predicted octanol–water partition coefficient (Wildman–Crippen LogP) is -1.34. The number of aliphatic hydroxyl groups excluding tert-OH is 1. The number of carbonyl (C=O) groups is 3. The van der Waals surface area contributed by atoms with E-state index in [1.807, 2.05) is 0 Å². The molecule has 9 nitrogen and oxygen atoms in total. The Balaban J connectivity index is 4.70. The molecule has 0 aliphatic carbocycles. The molecule has 0 aliphatic heterocycles. The topological polar surface area (TPSA) is 145 Å². The zero-order chi connectivity index (χ0) is 14.8. The Bertz CT molecular complexity index is 303. The second-order valence-electron chi connectivity index (χ2n) is 3.78. The lowest BCUT2D eigenvalue weighted by Gasteiger charge is -2.28. The van der Waals surface area contributed by atoms with Crippen LogP contribution in [0.2, 0.25) is 0 Å². The van der Waals surface area contributed by atoms with Crippen LogP contribution in [-0.2, 0) is 19.1 Å². The lowest BCUT2D eigenvalue weighted by atomic mass is 10.1. The Morgan fingerprint density at radius 2 is 1.53 bits per heavy atom. The van der Waals surface area contributed by atoms with Crippen LogP contribution < -0.4 is 0 Å². The van der Waals surface area contributed by atoms with Crippen molar-refractivity contribution in [3.8, 4) is 0 Å². The normalized spacial score (nSPS) is 12.3. The fourth-order valence-electron chi connectivity index (χ4n) is 1.51. The number of ether oxygens (including phenoxy) is 1. The van der Waals surface area contributed by atoms with Gasteiger partial charge in [0.2, 0.25) is 0 Å². The van der Waals surface area contributed by atoms with Crippen molar-refractivity contribution in [2.24, 2.45) is 0 Å². The Morgan fingerprint density at radius 1 is 1.00 bits per heavy atom. The summed E-state index contributed by atoms with van der Waals surface area (Å²) in [6, 6.07) is -0.713. The van der Waals surface area contributed by atoms with Crippen LogP contribution in [0.3, 0.4) is 0 Å². The molecule has 0 fully saturated rings. The second kappa shape index (κ2) is 9.25. The molecule has 0 rings (SSSR count). The van der Waals surface area contributed by atoms with Crippen molar-refractivity contribution in [1.82, 2.24) is 4.90 Å². The first-order valence-corrected chi connectivity index (χ1v) is 5.44. The highest BCUT2D eigenvalue weighted by atomic mass is 16.6. The van der Waals surface area contributed by atoms with Crippen LogP contribution in [0.15, 0.2) is 0 Å². The molecule has 110 valence electrons. The van der Waals surface area contributed by atoms with E-state index in [2.05, 4.69) is 0 Å². The van der Waals surface area contributed by atoms with Crippen LogP contribution in [0.4, 0.5) is 0 Å². The fourth-order valence-corrected chi connectivity index (χ4v) is 1.51. The number of carboxylic acid groups (broad SMARTS) is 3. The van der Waals surface area contributed by atoms with E-state index in [1.54, 1.807) is 0 Å². The standard InChI is InChI=1S/C10H17NO8/c12-6-19-5-7(1-2-8(13)14)11(3-9(15)16)4-10(17)18/h7,12H,1-6H2,(H,13,14)(H,15,16)(H,17,18)/t7-/m0/s1. The Labute approximate surface area is 109 Å². The third-order valence-electron chi connectivity index (χ3n) is 2.29. The number of aliphatic carboxylic acids is 3. The molecule has 0 spiro atoms. The molecule has 1 atom stereocenters. The molecule has 0 unspecified atom stereocenters. The van der Waals surface area contributed by atoms with Gasteiger partial charge in [0.25, 0.3) is 0 Å². The first-order valence-electron chi connectivity index (χ1n) is 5.44. The summed E-state index contributed by atoms with van der Waals surface area (Å²) in [6.07, 6.45) is -0.231. The molecule has 0 aromatic rings. The number of carboxylic acids is 3. The summed E-state index contributed by atoms with van der Waals surface area (Å²) >= 11 is 0. The first kappa shape index (κ1) is 17.3. The van der Waals surface area contributed by atoms with E-state index in [0.29, 0.717) is 0 Å². The van der Waals surface area contributed by atoms with Crippen molar-refractivity contribution in [2.45, 2.75) is 18.9 Å². The Kier molecular flexibility index (Phi) is 8.42. The minimum absolute atomic E-state index is 0.0237. The van der Waals surface area contributed by atoms with E-state index >= 15 is 0 Å². The van der Waals surface area contributed by atoms with Gasteiger partial charge in [-0.2, -0.15) is 0 Å². The van der Waals surface area contributed by atoms with Crippen molar-refractivity contribution >= 4 is 17.9 Å². The molecular formula is C10H17NO8. The second-order valence-corrected chi connectivity index (χ2v) is 3.78. The first-order chi connectivity index (χ1) is 8.86. The molecule has 0 amide bonds. The van der Waals surface area contributed by atoms with Gasteiger partial charge in [-0.3, -0.25) is 19.3 Å². The third kappa shape index (κ3) is 8.94. The summed E-state index contributed by atoms with van der Waals surface area (Å²) in [5.41, 5.74) is 0. The SMILES string of the molecule is O=C(O)CC[C@@H](COCO)N(CC(=O)O)CC(=O)O. The Hall–Kier alpha value is -1.71. The van der Waals surface area contributed by atoms with Gasteiger partial charge in [-0.1, -0.05) is 0 Å². The zero-order valence-electron chi connectivity index (χ0n) is 10.2. The summed E-state index contributed by atoms with van der Waals surface area (Å²) in [7, 11) is 0. The maximum atomic E-state index is 10.7. The Morgan fingerprint density at radius 3 is 1.89 bits per heavy atom. The maximum Gasteiger partial charge on any atom is 0.317 e. The number of aliphatic hydroxyl groups is 1. The van der Waals surface area contributed by atoms with Gasteiger partial charge >= 0.3 is 17.9 Å². The van der Waals surface area contributed by atoms with Crippen LogP contribution in [0.25, 0.3) is 0 Å². The summed E-state index contributed by atoms with van der Waals surface area (Å²) in [5, 5.41) is 34.6. The van der Waals surface area contributed by atoms with Crippen molar-refractivity contribution < 1.29 is 39.5 Å². The van der Waals surface area contributed by atoms with Crippen molar-refractivity contribution in [1.29, 1.82) is 0 Å². The highest BCUT2D eigenvalue weighted by Crippen LogP contribution is 2.08. The van der Waals surface area contributed by atoms with Gasteiger partial charge in [0.15, 0.2) is 0 Å². The summed E-state index contributed by atoms with van der Waals surface area (Å²) in [6.45, 7) is -1.86. The van der Waals surface area contributed by atoms with E-state index in [0.717, 1.165) is 4.90 Å². The van der Waals surface area contributed by atoms with E-state index in [4.69, 9.17) is 25.2 Å². The van der Waals surface area contributed by atoms with Gasteiger partial charge < -0.3 is 25.2 Å². The zero-order valence-corrected chi connectivity index (χ0v) is 10.2. The molecule has 0 bridgehead atoms. The van der Waals surface area contributed by atoms with Gasteiger partial charge in [-0.25, -0.2) is 0 Å². The number of hydrogen-bond donors (Lipinski definition) is 4. The molecule has 0 heterocycles. The number of hydrogen-bond acceptors (Lipinski definition) is 6. The summed E-state index contributed by atoms with van der Waals surface area (Å²) in [5.74, 6) is -3.55. The molecule has 0 aliphatic rings. The number of nitrogens with zero attached hydrogens (tertiary/aromatic N) is 1. The van der Waals surface area contributed by atoms with Crippen LogP contribution in [-0.4, -0.2) is 75.8 Å². The molecule has 0 saturated heterocycles. The molecule has 9 heteroatoms. The van der Waals surface area contributed by atoms with E-state index in [-0.39, 0.29) is 19.4 Å². The van der Waals surface area contributed by atoms with Gasteiger partial charge in [0.1, 0.15) is 6.79 Å².